The van der Waals surface area contributed by atoms with Crippen molar-refractivity contribution in [3.05, 3.63) is 35.4 Å². The monoisotopic (exact) mass is 301 g/mol. The lowest BCUT2D eigenvalue weighted by molar-refractivity contribution is 0.0775. The molecule has 0 saturated carbocycles. The summed E-state index contributed by atoms with van der Waals surface area (Å²) in [7, 11) is 0. The molecular weight excluding hydrogens is 281 g/mol. The van der Waals surface area contributed by atoms with Gasteiger partial charge < -0.3 is 4.90 Å². The Kier molecular flexibility index (Phi) is 6.15. The highest BCUT2D eigenvalue weighted by Gasteiger charge is 2.17. The lowest BCUT2D eigenvalue weighted by Crippen LogP contribution is -2.34. The highest BCUT2D eigenvalue weighted by molar-refractivity contribution is 6.18. The molecule has 19 heavy (non-hydrogen) atoms. The Labute approximate surface area is 125 Å². The molecule has 1 amide bonds. The molecule has 0 saturated heterocycles. The van der Waals surface area contributed by atoms with Crippen molar-refractivity contribution >= 4 is 29.1 Å². The van der Waals surface area contributed by atoms with Crippen molar-refractivity contribution in [2.75, 3.05) is 24.8 Å². The first-order chi connectivity index (χ1) is 8.90. The largest absolute Gasteiger partial charge is 0.336 e. The molecule has 0 spiro atoms. The third-order valence-electron chi connectivity index (χ3n) is 2.99. The van der Waals surface area contributed by atoms with E-state index in [1.807, 2.05) is 24.3 Å². The summed E-state index contributed by atoms with van der Waals surface area (Å²) in [6.45, 7) is 7.49. The van der Waals surface area contributed by atoms with E-state index in [2.05, 4.69) is 20.8 Å². The summed E-state index contributed by atoms with van der Waals surface area (Å²) < 4.78 is 0. The van der Waals surface area contributed by atoms with Gasteiger partial charge in [-0.25, -0.2) is 0 Å². The quantitative estimate of drug-likeness (QED) is 0.755. The van der Waals surface area contributed by atoms with Crippen LogP contribution in [0.5, 0.6) is 0 Å². The van der Waals surface area contributed by atoms with E-state index in [9.17, 15) is 4.79 Å². The first-order valence-corrected chi connectivity index (χ1v) is 7.49. The number of hydrogen-bond acceptors (Lipinski definition) is 1. The van der Waals surface area contributed by atoms with E-state index in [0.29, 0.717) is 30.4 Å². The summed E-state index contributed by atoms with van der Waals surface area (Å²) >= 11 is 11.4. The zero-order valence-corrected chi connectivity index (χ0v) is 13.3. The van der Waals surface area contributed by atoms with Crippen LogP contribution in [0.4, 0.5) is 0 Å². The van der Waals surface area contributed by atoms with E-state index in [4.69, 9.17) is 23.2 Å². The van der Waals surface area contributed by atoms with Crippen LogP contribution in [0, 0.1) is 0 Å². The number of amides is 1. The molecule has 0 fully saturated rings. The minimum Gasteiger partial charge on any atom is -0.336 e. The Morgan fingerprint density at radius 1 is 1.05 bits per heavy atom. The van der Waals surface area contributed by atoms with Crippen LogP contribution in [0.15, 0.2) is 24.3 Å². The first kappa shape index (κ1) is 16.3. The van der Waals surface area contributed by atoms with E-state index in [0.717, 1.165) is 0 Å². The lowest BCUT2D eigenvalue weighted by Gasteiger charge is -2.22. The van der Waals surface area contributed by atoms with E-state index in [1.54, 1.807) is 4.90 Å². The average Bonchev–Trinajstić information content (AvgIpc) is 2.37. The van der Waals surface area contributed by atoms with Gasteiger partial charge in [-0.2, -0.15) is 0 Å². The molecule has 1 rings (SSSR count). The Morgan fingerprint density at radius 3 is 1.89 bits per heavy atom. The van der Waals surface area contributed by atoms with Crippen molar-refractivity contribution < 1.29 is 4.79 Å². The fraction of sp³-hybridized carbons (Fsp3) is 0.533. The minimum absolute atomic E-state index is 0.0123. The molecule has 0 aromatic heterocycles. The molecule has 0 heterocycles. The second-order valence-corrected chi connectivity index (χ2v) is 6.25. The van der Waals surface area contributed by atoms with Crippen LogP contribution in [-0.4, -0.2) is 35.7 Å². The summed E-state index contributed by atoms with van der Waals surface area (Å²) in [4.78, 5) is 14.0. The maximum atomic E-state index is 12.3. The van der Waals surface area contributed by atoms with Gasteiger partial charge in [-0.1, -0.05) is 32.9 Å². The summed E-state index contributed by atoms with van der Waals surface area (Å²) in [5, 5.41) is 0. The van der Waals surface area contributed by atoms with Crippen molar-refractivity contribution in [2.24, 2.45) is 0 Å². The van der Waals surface area contributed by atoms with Crippen LogP contribution in [0.25, 0.3) is 0 Å². The Morgan fingerprint density at radius 2 is 1.53 bits per heavy atom. The molecule has 1 aromatic rings. The van der Waals surface area contributed by atoms with Crippen LogP contribution in [-0.2, 0) is 5.41 Å². The molecule has 0 aliphatic carbocycles. The number of halogens is 2. The lowest BCUT2D eigenvalue weighted by atomic mass is 9.86. The van der Waals surface area contributed by atoms with Gasteiger partial charge in [0.25, 0.3) is 5.91 Å². The number of benzene rings is 1. The summed E-state index contributed by atoms with van der Waals surface area (Å²) in [6, 6.07) is 7.76. The first-order valence-electron chi connectivity index (χ1n) is 6.42. The van der Waals surface area contributed by atoms with Gasteiger partial charge in [-0.05, 0) is 23.1 Å². The van der Waals surface area contributed by atoms with E-state index in [1.165, 1.54) is 5.56 Å². The molecular formula is C15H21Cl2NO. The van der Waals surface area contributed by atoms with E-state index < -0.39 is 0 Å². The second-order valence-electron chi connectivity index (χ2n) is 5.50. The molecule has 2 nitrogen and oxygen atoms in total. The number of nitrogens with zero attached hydrogens (tertiary/aromatic N) is 1. The van der Waals surface area contributed by atoms with Gasteiger partial charge in [0, 0.05) is 30.4 Å². The van der Waals surface area contributed by atoms with Crippen molar-refractivity contribution in [2.45, 2.75) is 26.2 Å². The molecule has 0 aliphatic heterocycles. The molecule has 0 aliphatic rings. The van der Waals surface area contributed by atoms with E-state index in [-0.39, 0.29) is 11.3 Å². The van der Waals surface area contributed by atoms with Crippen molar-refractivity contribution in [3.63, 3.8) is 0 Å². The minimum atomic E-state index is -0.0123. The van der Waals surface area contributed by atoms with Gasteiger partial charge in [0.2, 0.25) is 0 Å². The van der Waals surface area contributed by atoms with Gasteiger partial charge in [0.15, 0.2) is 0 Å². The topological polar surface area (TPSA) is 20.3 Å². The van der Waals surface area contributed by atoms with Gasteiger partial charge in [-0.3, -0.25) is 4.79 Å². The van der Waals surface area contributed by atoms with Gasteiger partial charge >= 0.3 is 0 Å². The summed E-state index contributed by atoms with van der Waals surface area (Å²) in [5.41, 5.74) is 1.99. The normalized spacial score (nSPS) is 11.4. The predicted molar refractivity (Wildman–Crippen MR) is 82.5 cm³/mol. The number of carbonyl (C=O) groups excluding carboxylic acids is 1. The zero-order valence-electron chi connectivity index (χ0n) is 11.7. The third kappa shape index (κ3) is 4.70. The highest BCUT2D eigenvalue weighted by Crippen LogP contribution is 2.22. The van der Waals surface area contributed by atoms with E-state index >= 15 is 0 Å². The van der Waals surface area contributed by atoms with Crippen molar-refractivity contribution in [3.8, 4) is 0 Å². The molecule has 0 bridgehead atoms. The zero-order chi connectivity index (χ0) is 14.5. The van der Waals surface area contributed by atoms with Crippen LogP contribution in [0.1, 0.15) is 36.7 Å². The molecule has 4 heteroatoms. The maximum absolute atomic E-state index is 12.3. The highest BCUT2D eigenvalue weighted by atomic mass is 35.5. The number of hydrogen-bond donors (Lipinski definition) is 0. The molecule has 0 N–H and O–H groups in total. The molecule has 106 valence electrons. The SMILES string of the molecule is CC(C)(C)c1ccc(C(=O)N(CCCl)CCCl)cc1. The van der Waals surface area contributed by atoms with Crippen LogP contribution in [0.2, 0.25) is 0 Å². The molecule has 0 atom stereocenters. The standard InChI is InChI=1S/C15H21Cl2NO/c1-15(2,3)13-6-4-12(5-7-13)14(19)18(10-8-16)11-9-17/h4-7H,8-11H2,1-3H3. The molecule has 0 unspecified atom stereocenters. The molecule has 1 aromatic carbocycles. The fourth-order valence-corrected chi connectivity index (χ4v) is 2.22. The van der Waals surface area contributed by atoms with Crippen LogP contribution in [0.3, 0.4) is 0 Å². The summed E-state index contributed by atoms with van der Waals surface area (Å²) in [6.07, 6.45) is 0. The average molecular weight is 302 g/mol. The smallest absolute Gasteiger partial charge is 0.253 e. The fourth-order valence-electron chi connectivity index (χ4n) is 1.81. The van der Waals surface area contributed by atoms with Gasteiger partial charge in [0.1, 0.15) is 0 Å². The van der Waals surface area contributed by atoms with Gasteiger partial charge in [0.05, 0.1) is 0 Å². The number of alkyl halides is 2. The predicted octanol–water partition coefficient (Wildman–Crippen LogP) is 3.90. The van der Waals surface area contributed by atoms with Gasteiger partial charge in [-0.15, -0.1) is 23.2 Å². The Bertz CT molecular complexity index is 403. The van der Waals surface area contributed by atoms with Crippen LogP contribution < -0.4 is 0 Å². The number of carbonyl (C=O) groups is 1. The second kappa shape index (κ2) is 7.16. The van der Waals surface area contributed by atoms with Crippen molar-refractivity contribution in [1.82, 2.24) is 4.90 Å². The Balaban J connectivity index is 2.87. The Hall–Kier alpha value is -0.730. The molecule has 0 radical (unpaired) electrons. The van der Waals surface area contributed by atoms with Crippen LogP contribution >= 0.6 is 23.2 Å². The third-order valence-corrected chi connectivity index (χ3v) is 3.33. The van der Waals surface area contributed by atoms with Crippen molar-refractivity contribution in [1.29, 1.82) is 0 Å². The summed E-state index contributed by atoms with van der Waals surface area (Å²) in [5.74, 6) is 0.826. The number of rotatable bonds is 5. The maximum Gasteiger partial charge on any atom is 0.253 e.